The van der Waals surface area contributed by atoms with Crippen LogP contribution in [-0.2, 0) is 0 Å². The molecule has 6 heteroatoms. The van der Waals surface area contributed by atoms with Crippen LogP contribution in [0.3, 0.4) is 0 Å². The topological polar surface area (TPSA) is 66.9 Å². The van der Waals surface area contributed by atoms with Crippen LogP contribution in [0.25, 0.3) is 0 Å². The van der Waals surface area contributed by atoms with Gasteiger partial charge in [0.1, 0.15) is 10.8 Å². The number of aryl methyl sites for hydroxylation is 2. The lowest BCUT2D eigenvalue weighted by molar-refractivity contribution is 0.0939. The molecule has 21 heavy (non-hydrogen) atoms. The van der Waals surface area contributed by atoms with Gasteiger partial charge in [-0.25, -0.2) is 9.97 Å². The van der Waals surface area contributed by atoms with Gasteiger partial charge in [-0.1, -0.05) is 0 Å². The smallest absolute Gasteiger partial charge is 0.252 e. The molecule has 2 N–H and O–H groups in total. The summed E-state index contributed by atoms with van der Waals surface area (Å²) in [6.07, 6.45) is 1.82. The Morgan fingerprint density at radius 1 is 1.38 bits per heavy atom. The molecule has 1 unspecified atom stereocenters. The number of nitrogens with one attached hydrogen (secondary N) is 2. The van der Waals surface area contributed by atoms with E-state index in [-0.39, 0.29) is 11.9 Å². The number of carbonyl (C=O) groups is 1. The fraction of sp³-hybridized carbons (Fsp3) is 0.400. The van der Waals surface area contributed by atoms with Crippen molar-refractivity contribution in [2.75, 3.05) is 11.9 Å². The highest BCUT2D eigenvalue weighted by Gasteiger charge is 2.15. The number of pyridine rings is 1. The zero-order valence-electron chi connectivity index (χ0n) is 12.7. The number of rotatable bonds is 5. The average Bonchev–Trinajstić information content (AvgIpc) is 2.85. The van der Waals surface area contributed by atoms with E-state index in [0.717, 1.165) is 27.9 Å². The van der Waals surface area contributed by atoms with Crippen LogP contribution in [0.15, 0.2) is 18.3 Å². The molecule has 2 aromatic heterocycles. The monoisotopic (exact) mass is 304 g/mol. The Morgan fingerprint density at radius 3 is 2.76 bits per heavy atom. The van der Waals surface area contributed by atoms with Crippen molar-refractivity contribution in [3.05, 3.63) is 39.5 Å². The second-order valence-corrected chi connectivity index (χ2v) is 6.18. The Morgan fingerprint density at radius 2 is 2.14 bits per heavy atom. The summed E-state index contributed by atoms with van der Waals surface area (Å²) in [4.78, 5) is 22.1. The van der Waals surface area contributed by atoms with Crippen LogP contribution in [0.4, 0.5) is 5.82 Å². The second-order valence-electron chi connectivity index (χ2n) is 4.92. The molecule has 2 rings (SSSR count). The average molecular weight is 304 g/mol. The van der Waals surface area contributed by atoms with Crippen LogP contribution in [0.1, 0.15) is 45.8 Å². The summed E-state index contributed by atoms with van der Waals surface area (Å²) in [6, 6.07) is 3.45. The maximum Gasteiger partial charge on any atom is 0.252 e. The van der Waals surface area contributed by atoms with Crippen molar-refractivity contribution >= 4 is 23.1 Å². The maximum atomic E-state index is 12.4. The molecule has 0 aliphatic carbocycles. The Hall–Kier alpha value is -1.95. The lowest BCUT2D eigenvalue weighted by atomic mass is 10.2. The predicted molar refractivity (Wildman–Crippen MR) is 85.9 cm³/mol. The van der Waals surface area contributed by atoms with E-state index < -0.39 is 0 Å². The molecular formula is C15H20N4OS. The summed E-state index contributed by atoms with van der Waals surface area (Å²) in [5.41, 5.74) is 1.43. The van der Waals surface area contributed by atoms with E-state index in [1.165, 1.54) is 0 Å². The minimum Gasteiger partial charge on any atom is -0.370 e. The van der Waals surface area contributed by atoms with Gasteiger partial charge in [-0.2, -0.15) is 0 Å². The number of carbonyl (C=O) groups excluding carboxylic acids is 1. The van der Waals surface area contributed by atoms with Crippen LogP contribution in [-0.4, -0.2) is 22.4 Å². The summed E-state index contributed by atoms with van der Waals surface area (Å²) < 4.78 is 0. The second kappa shape index (κ2) is 6.67. The molecule has 2 aromatic rings. The van der Waals surface area contributed by atoms with Crippen LogP contribution in [0.2, 0.25) is 0 Å². The number of nitrogens with zero attached hydrogens (tertiary/aromatic N) is 2. The molecule has 5 nitrogen and oxygen atoms in total. The van der Waals surface area contributed by atoms with Crippen molar-refractivity contribution in [1.82, 2.24) is 15.3 Å². The fourth-order valence-electron chi connectivity index (χ4n) is 1.99. The first-order valence-corrected chi connectivity index (χ1v) is 7.77. The molecule has 112 valence electrons. The standard InChI is InChI=1S/C15H20N4OS/c1-5-16-13-7-12(6-9(2)18-13)14(20)19-11(4)15-17-8-10(3)21-15/h6-8,11H,5H2,1-4H3,(H,16,18)(H,19,20). The molecule has 0 fully saturated rings. The Labute approximate surface area is 128 Å². The van der Waals surface area contributed by atoms with Crippen molar-refractivity contribution in [2.45, 2.75) is 33.7 Å². The van der Waals surface area contributed by atoms with E-state index in [4.69, 9.17) is 0 Å². The SMILES string of the molecule is CCNc1cc(C(=O)NC(C)c2ncc(C)s2)cc(C)n1. The third-order valence-corrected chi connectivity index (χ3v) is 4.03. The third-order valence-electron chi connectivity index (χ3n) is 2.93. The first-order chi connectivity index (χ1) is 9.99. The minimum absolute atomic E-state index is 0.104. The summed E-state index contributed by atoms with van der Waals surface area (Å²) in [5, 5.41) is 7.02. The highest BCUT2D eigenvalue weighted by Crippen LogP contribution is 2.19. The van der Waals surface area contributed by atoms with Crippen molar-refractivity contribution < 1.29 is 4.79 Å². The van der Waals surface area contributed by atoms with E-state index >= 15 is 0 Å². The Balaban J connectivity index is 2.12. The summed E-state index contributed by atoms with van der Waals surface area (Å²) >= 11 is 1.60. The first-order valence-electron chi connectivity index (χ1n) is 6.95. The molecule has 0 aliphatic heterocycles. The third kappa shape index (κ3) is 4.01. The van der Waals surface area contributed by atoms with Crippen molar-refractivity contribution in [1.29, 1.82) is 0 Å². The number of anilines is 1. The quantitative estimate of drug-likeness (QED) is 0.891. The predicted octanol–water partition coefficient (Wildman–Crippen LogP) is 3.08. The van der Waals surface area contributed by atoms with Crippen LogP contribution in [0.5, 0.6) is 0 Å². The number of amides is 1. The molecule has 0 spiro atoms. The number of thiazole rings is 1. The Kier molecular flexibility index (Phi) is 4.90. The molecule has 0 saturated heterocycles. The molecule has 0 bridgehead atoms. The maximum absolute atomic E-state index is 12.4. The first kappa shape index (κ1) is 15.4. The van der Waals surface area contributed by atoms with E-state index in [0.29, 0.717) is 5.56 Å². The Bertz CT molecular complexity index is 638. The van der Waals surface area contributed by atoms with Gasteiger partial charge in [0.25, 0.3) is 5.91 Å². The molecular weight excluding hydrogens is 284 g/mol. The lowest BCUT2D eigenvalue weighted by Crippen LogP contribution is -2.26. The van der Waals surface area contributed by atoms with Gasteiger partial charge in [0.2, 0.25) is 0 Å². The van der Waals surface area contributed by atoms with Gasteiger partial charge in [0, 0.05) is 28.9 Å². The molecule has 1 atom stereocenters. The summed E-state index contributed by atoms with van der Waals surface area (Å²) in [7, 11) is 0. The molecule has 0 aliphatic rings. The number of hydrogen-bond donors (Lipinski definition) is 2. The highest BCUT2D eigenvalue weighted by atomic mass is 32.1. The lowest BCUT2D eigenvalue weighted by Gasteiger charge is -2.12. The van der Waals surface area contributed by atoms with Gasteiger partial charge in [0.05, 0.1) is 6.04 Å². The van der Waals surface area contributed by atoms with Crippen molar-refractivity contribution in [3.63, 3.8) is 0 Å². The van der Waals surface area contributed by atoms with Crippen molar-refractivity contribution in [3.8, 4) is 0 Å². The molecule has 2 heterocycles. The number of aromatic nitrogens is 2. The van der Waals surface area contributed by atoms with Gasteiger partial charge in [-0.15, -0.1) is 11.3 Å². The van der Waals surface area contributed by atoms with Crippen LogP contribution in [0, 0.1) is 13.8 Å². The zero-order valence-corrected chi connectivity index (χ0v) is 13.5. The molecule has 0 radical (unpaired) electrons. The summed E-state index contributed by atoms with van der Waals surface area (Å²) in [5.74, 6) is 0.611. The molecule has 1 amide bonds. The molecule has 0 aromatic carbocycles. The number of hydrogen-bond acceptors (Lipinski definition) is 5. The van der Waals surface area contributed by atoms with E-state index in [9.17, 15) is 4.79 Å². The van der Waals surface area contributed by atoms with Gasteiger partial charge in [-0.3, -0.25) is 4.79 Å². The van der Waals surface area contributed by atoms with E-state index in [1.807, 2.05) is 33.9 Å². The zero-order chi connectivity index (χ0) is 15.4. The van der Waals surface area contributed by atoms with E-state index in [1.54, 1.807) is 23.5 Å². The fourth-order valence-corrected chi connectivity index (χ4v) is 2.76. The van der Waals surface area contributed by atoms with Gasteiger partial charge in [0.15, 0.2) is 0 Å². The van der Waals surface area contributed by atoms with Gasteiger partial charge in [-0.05, 0) is 39.8 Å². The van der Waals surface area contributed by atoms with Crippen molar-refractivity contribution in [2.24, 2.45) is 0 Å². The minimum atomic E-state index is -0.111. The van der Waals surface area contributed by atoms with E-state index in [2.05, 4.69) is 20.6 Å². The van der Waals surface area contributed by atoms with Crippen LogP contribution < -0.4 is 10.6 Å². The normalized spacial score (nSPS) is 12.0. The molecule has 0 saturated carbocycles. The van der Waals surface area contributed by atoms with Gasteiger partial charge >= 0.3 is 0 Å². The van der Waals surface area contributed by atoms with Gasteiger partial charge < -0.3 is 10.6 Å². The van der Waals surface area contributed by atoms with Crippen LogP contribution >= 0.6 is 11.3 Å². The summed E-state index contributed by atoms with van der Waals surface area (Å²) in [6.45, 7) is 8.59. The largest absolute Gasteiger partial charge is 0.370 e. The highest BCUT2D eigenvalue weighted by molar-refractivity contribution is 7.11.